The van der Waals surface area contributed by atoms with Gasteiger partial charge in [0, 0.05) is 5.02 Å². The molecule has 0 radical (unpaired) electrons. The van der Waals surface area contributed by atoms with Crippen molar-refractivity contribution in [3.05, 3.63) is 69.1 Å². The maximum atomic E-state index is 12.7. The first kappa shape index (κ1) is 16.2. The number of nitrogens with zero attached hydrogens (tertiary/aromatic N) is 1. The predicted molar refractivity (Wildman–Crippen MR) is 103 cm³/mol. The number of thiocarbonyl (C=S) groups is 1. The van der Waals surface area contributed by atoms with E-state index < -0.39 is 0 Å². The molecule has 0 aromatic heterocycles. The van der Waals surface area contributed by atoms with E-state index in [1.165, 1.54) is 17.3 Å². The van der Waals surface area contributed by atoms with Crippen LogP contribution in [0.4, 0.5) is 5.69 Å². The first-order valence-corrected chi connectivity index (χ1v) is 8.67. The quantitative estimate of drug-likeness (QED) is 0.531. The summed E-state index contributed by atoms with van der Waals surface area (Å²) in [6, 6.07) is 13.3. The van der Waals surface area contributed by atoms with Crippen LogP contribution in [-0.4, -0.2) is 10.2 Å². The standard InChI is InChI=1S/C18H14ClNOS2/c1-11-3-8-15(9-12(11)2)20-17(21)16(23-18(20)22)10-13-4-6-14(19)7-5-13/h3-10H,1-2H3/b16-10+. The fraction of sp³-hybridized carbons (Fsp3) is 0.111. The SMILES string of the molecule is Cc1ccc(N2C(=O)/C(=C\c3ccc(Cl)cc3)SC2=S)cc1C. The second kappa shape index (κ2) is 6.48. The molecule has 0 spiro atoms. The van der Waals surface area contributed by atoms with Gasteiger partial charge in [-0.3, -0.25) is 9.69 Å². The second-order valence-corrected chi connectivity index (χ2v) is 7.45. The van der Waals surface area contributed by atoms with Gasteiger partial charge in [-0.05, 0) is 60.9 Å². The summed E-state index contributed by atoms with van der Waals surface area (Å²) < 4.78 is 0.554. The van der Waals surface area contributed by atoms with E-state index in [2.05, 4.69) is 0 Å². The molecule has 2 aromatic carbocycles. The first-order chi connectivity index (χ1) is 11.0. The van der Waals surface area contributed by atoms with Crippen LogP contribution in [0.1, 0.15) is 16.7 Å². The van der Waals surface area contributed by atoms with Crippen LogP contribution in [-0.2, 0) is 4.79 Å². The number of benzene rings is 2. The van der Waals surface area contributed by atoms with Crippen molar-refractivity contribution in [2.24, 2.45) is 0 Å². The van der Waals surface area contributed by atoms with Gasteiger partial charge in [-0.2, -0.15) is 0 Å². The van der Waals surface area contributed by atoms with Gasteiger partial charge in [0.1, 0.15) is 0 Å². The highest BCUT2D eigenvalue weighted by molar-refractivity contribution is 8.27. The molecule has 1 aliphatic rings. The average Bonchev–Trinajstić information content (AvgIpc) is 2.79. The zero-order valence-corrected chi connectivity index (χ0v) is 15.1. The molecule has 5 heteroatoms. The molecule has 0 atom stereocenters. The predicted octanol–water partition coefficient (Wildman–Crippen LogP) is 5.36. The first-order valence-electron chi connectivity index (χ1n) is 7.06. The molecule has 23 heavy (non-hydrogen) atoms. The van der Waals surface area contributed by atoms with E-state index in [1.807, 2.05) is 50.3 Å². The molecule has 0 saturated carbocycles. The summed E-state index contributed by atoms with van der Waals surface area (Å²) in [5.41, 5.74) is 4.07. The Kier molecular flexibility index (Phi) is 4.57. The van der Waals surface area contributed by atoms with Crippen LogP contribution < -0.4 is 4.90 Å². The minimum Gasteiger partial charge on any atom is -0.268 e. The molecule has 1 aliphatic heterocycles. The maximum absolute atomic E-state index is 12.7. The number of rotatable bonds is 2. The Morgan fingerprint density at radius 3 is 2.43 bits per heavy atom. The molecule has 3 rings (SSSR count). The lowest BCUT2D eigenvalue weighted by molar-refractivity contribution is -0.113. The largest absolute Gasteiger partial charge is 0.270 e. The minimum atomic E-state index is -0.0850. The minimum absolute atomic E-state index is 0.0850. The summed E-state index contributed by atoms with van der Waals surface area (Å²) in [5.74, 6) is -0.0850. The fourth-order valence-corrected chi connectivity index (χ4v) is 3.69. The van der Waals surface area contributed by atoms with Gasteiger partial charge < -0.3 is 0 Å². The lowest BCUT2D eigenvalue weighted by Gasteiger charge is -2.15. The smallest absolute Gasteiger partial charge is 0.268 e. The Hall–Kier alpha value is -1.62. The van der Waals surface area contributed by atoms with Crippen LogP contribution in [0.25, 0.3) is 6.08 Å². The molecule has 1 fully saturated rings. The van der Waals surface area contributed by atoms with Gasteiger partial charge in [-0.15, -0.1) is 0 Å². The number of thioether (sulfide) groups is 1. The average molecular weight is 360 g/mol. The molecule has 0 aliphatic carbocycles. The number of aryl methyl sites for hydroxylation is 2. The van der Waals surface area contributed by atoms with Crippen molar-refractivity contribution in [2.45, 2.75) is 13.8 Å². The highest BCUT2D eigenvalue weighted by Gasteiger charge is 2.33. The van der Waals surface area contributed by atoms with Crippen molar-refractivity contribution in [3.8, 4) is 0 Å². The molecule has 1 amide bonds. The van der Waals surface area contributed by atoms with Crippen molar-refractivity contribution in [1.29, 1.82) is 0 Å². The van der Waals surface area contributed by atoms with E-state index in [0.717, 1.165) is 16.8 Å². The number of anilines is 1. The van der Waals surface area contributed by atoms with E-state index in [-0.39, 0.29) is 5.91 Å². The van der Waals surface area contributed by atoms with Crippen molar-refractivity contribution >= 4 is 57.6 Å². The van der Waals surface area contributed by atoms with Gasteiger partial charge >= 0.3 is 0 Å². The fourth-order valence-electron chi connectivity index (χ4n) is 2.27. The van der Waals surface area contributed by atoms with E-state index in [9.17, 15) is 4.79 Å². The van der Waals surface area contributed by atoms with Crippen LogP contribution in [0.15, 0.2) is 47.4 Å². The Balaban J connectivity index is 1.93. The Morgan fingerprint density at radius 1 is 1.09 bits per heavy atom. The van der Waals surface area contributed by atoms with Crippen LogP contribution in [0.2, 0.25) is 5.02 Å². The molecule has 1 heterocycles. The number of carbonyl (C=O) groups is 1. The van der Waals surface area contributed by atoms with E-state index >= 15 is 0 Å². The number of hydrogen-bond acceptors (Lipinski definition) is 3. The highest BCUT2D eigenvalue weighted by atomic mass is 35.5. The van der Waals surface area contributed by atoms with E-state index in [0.29, 0.717) is 14.2 Å². The van der Waals surface area contributed by atoms with Gasteiger partial charge in [0.05, 0.1) is 10.6 Å². The monoisotopic (exact) mass is 359 g/mol. The third-order valence-electron chi connectivity index (χ3n) is 3.71. The van der Waals surface area contributed by atoms with Gasteiger partial charge in [-0.25, -0.2) is 0 Å². The molecule has 116 valence electrons. The van der Waals surface area contributed by atoms with Crippen LogP contribution in [0, 0.1) is 13.8 Å². The molecule has 0 N–H and O–H groups in total. The van der Waals surface area contributed by atoms with Crippen LogP contribution in [0.3, 0.4) is 0 Å². The van der Waals surface area contributed by atoms with E-state index in [1.54, 1.807) is 17.0 Å². The molecule has 0 bridgehead atoms. The number of carbonyl (C=O) groups excluding carboxylic acids is 1. The Morgan fingerprint density at radius 2 is 1.78 bits per heavy atom. The van der Waals surface area contributed by atoms with Gasteiger partial charge in [0.25, 0.3) is 5.91 Å². The third-order valence-corrected chi connectivity index (χ3v) is 5.26. The molecular weight excluding hydrogens is 346 g/mol. The van der Waals surface area contributed by atoms with Crippen molar-refractivity contribution in [2.75, 3.05) is 4.90 Å². The topological polar surface area (TPSA) is 20.3 Å². The summed E-state index contributed by atoms with van der Waals surface area (Å²) in [5, 5.41) is 0.671. The summed E-state index contributed by atoms with van der Waals surface area (Å²) >= 11 is 12.6. The van der Waals surface area contributed by atoms with E-state index in [4.69, 9.17) is 23.8 Å². The van der Waals surface area contributed by atoms with Gasteiger partial charge in [0.15, 0.2) is 4.32 Å². The summed E-state index contributed by atoms with van der Waals surface area (Å²) in [6.45, 7) is 4.07. The highest BCUT2D eigenvalue weighted by Crippen LogP contribution is 2.36. The van der Waals surface area contributed by atoms with Gasteiger partial charge in [0.2, 0.25) is 0 Å². The summed E-state index contributed by atoms with van der Waals surface area (Å²) in [4.78, 5) is 14.9. The Labute approximate surface area is 150 Å². The van der Waals surface area contributed by atoms with Crippen molar-refractivity contribution in [1.82, 2.24) is 0 Å². The number of amides is 1. The summed E-state index contributed by atoms with van der Waals surface area (Å²) in [7, 11) is 0. The molecule has 1 saturated heterocycles. The lowest BCUT2D eigenvalue weighted by atomic mass is 10.1. The molecular formula is C18H14ClNOS2. The lowest BCUT2D eigenvalue weighted by Crippen LogP contribution is -2.27. The molecule has 2 aromatic rings. The number of hydrogen-bond donors (Lipinski definition) is 0. The Bertz CT molecular complexity index is 827. The second-order valence-electron chi connectivity index (χ2n) is 5.34. The normalized spacial score (nSPS) is 16.5. The zero-order chi connectivity index (χ0) is 16.6. The van der Waals surface area contributed by atoms with Crippen LogP contribution in [0.5, 0.6) is 0 Å². The van der Waals surface area contributed by atoms with Crippen LogP contribution >= 0.6 is 35.6 Å². The third kappa shape index (κ3) is 3.34. The van der Waals surface area contributed by atoms with Crippen molar-refractivity contribution in [3.63, 3.8) is 0 Å². The molecule has 2 nitrogen and oxygen atoms in total. The van der Waals surface area contributed by atoms with Gasteiger partial charge in [-0.1, -0.05) is 53.8 Å². The zero-order valence-electron chi connectivity index (χ0n) is 12.7. The summed E-state index contributed by atoms with van der Waals surface area (Å²) in [6.07, 6.45) is 1.84. The molecule has 0 unspecified atom stereocenters. The maximum Gasteiger partial charge on any atom is 0.270 e. The number of halogens is 1. The van der Waals surface area contributed by atoms with Crippen molar-refractivity contribution < 1.29 is 4.79 Å².